The summed E-state index contributed by atoms with van der Waals surface area (Å²) in [6.45, 7) is 4.51. The van der Waals surface area contributed by atoms with Crippen LogP contribution in [0.2, 0.25) is 0 Å². The average Bonchev–Trinajstić information content (AvgIpc) is 2.53. The fourth-order valence-electron chi connectivity index (χ4n) is 2.61. The highest BCUT2D eigenvalue weighted by atomic mass is 32.2. The predicted octanol–water partition coefficient (Wildman–Crippen LogP) is 0.770. The standard InChI is InChI=1S/C16H23N3O3S/c1-13-12-18(3)10-11-19(13)16(20)9-6-14-4-7-15(8-5-14)23(21,22)17-2/h4-9,13,17H,10-12H2,1-3H3. The molecule has 1 aromatic carbocycles. The molecule has 1 saturated heterocycles. The molecule has 0 aliphatic carbocycles. The lowest BCUT2D eigenvalue weighted by Crippen LogP contribution is -2.52. The summed E-state index contributed by atoms with van der Waals surface area (Å²) in [4.78, 5) is 16.5. The van der Waals surface area contributed by atoms with E-state index in [9.17, 15) is 13.2 Å². The number of nitrogens with one attached hydrogen (secondary N) is 1. The van der Waals surface area contributed by atoms with Gasteiger partial charge in [0.05, 0.1) is 4.90 Å². The van der Waals surface area contributed by atoms with Crippen LogP contribution in [0.15, 0.2) is 35.2 Å². The van der Waals surface area contributed by atoms with Crippen molar-refractivity contribution in [2.45, 2.75) is 17.9 Å². The van der Waals surface area contributed by atoms with Crippen LogP contribution in [0.5, 0.6) is 0 Å². The van der Waals surface area contributed by atoms with Crippen LogP contribution in [0, 0.1) is 0 Å². The fourth-order valence-corrected chi connectivity index (χ4v) is 3.34. The zero-order valence-corrected chi connectivity index (χ0v) is 14.5. The first-order valence-electron chi connectivity index (χ1n) is 7.54. The molecule has 126 valence electrons. The third-order valence-electron chi connectivity index (χ3n) is 3.99. The van der Waals surface area contributed by atoms with Crippen LogP contribution in [-0.2, 0) is 14.8 Å². The number of benzene rings is 1. The number of hydrogen-bond acceptors (Lipinski definition) is 4. The minimum Gasteiger partial charge on any atom is -0.334 e. The number of hydrogen-bond donors (Lipinski definition) is 1. The van der Waals surface area contributed by atoms with Crippen molar-refractivity contribution >= 4 is 22.0 Å². The van der Waals surface area contributed by atoms with Crippen LogP contribution in [0.3, 0.4) is 0 Å². The van der Waals surface area contributed by atoms with Gasteiger partial charge in [-0.15, -0.1) is 0 Å². The van der Waals surface area contributed by atoms with E-state index < -0.39 is 10.0 Å². The Labute approximate surface area is 137 Å². The molecule has 1 aliphatic heterocycles. The molecule has 1 amide bonds. The van der Waals surface area contributed by atoms with E-state index in [2.05, 4.69) is 16.7 Å². The van der Waals surface area contributed by atoms with Gasteiger partial charge in [-0.05, 0) is 44.8 Å². The first kappa shape index (κ1) is 17.7. The van der Waals surface area contributed by atoms with Crippen LogP contribution < -0.4 is 4.72 Å². The Bertz CT molecular complexity index is 683. The number of amides is 1. The van der Waals surface area contributed by atoms with E-state index in [0.29, 0.717) is 0 Å². The van der Waals surface area contributed by atoms with Crippen LogP contribution in [-0.4, -0.2) is 63.9 Å². The van der Waals surface area contributed by atoms with Crippen LogP contribution in [0.1, 0.15) is 12.5 Å². The molecule has 7 heteroatoms. The summed E-state index contributed by atoms with van der Waals surface area (Å²) in [6.07, 6.45) is 3.26. The molecule has 1 unspecified atom stereocenters. The topological polar surface area (TPSA) is 69.7 Å². The van der Waals surface area contributed by atoms with Gasteiger partial charge >= 0.3 is 0 Å². The highest BCUT2D eigenvalue weighted by Crippen LogP contribution is 2.13. The van der Waals surface area contributed by atoms with Crippen molar-refractivity contribution < 1.29 is 13.2 Å². The molecule has 6 nitrogen and oxygen atoms in total. The molecule has 0 aromatic heterocycles. The molecule has 0 bridgehead atoms. The summed E-state index contributed by atoms with van der Waals surface area (Å²) < 4.78 is 25.6. The van der Waals surface area contributed by atoms with E-state index in [0.717, 1.165) is 25.2 Å². The number of likely N-dealkylation sites (N-methyl/N-ethyl adjacent to an activating group) is 1. The number of rotatable bonds is 4. The number of sulfonamides is 1. The van der Waals surface area contributed by atoms with E-state index in [1.54, 1.807) is 24.3 Å². The maximum atomic E-state index is 12.3. The molecule has 0 saturated carbocycles. The third kappa shape index (κ3) is 4.40. The molecule has 23 heavy (non-hydrogen) atoms. The van der Waals surface area contributed by atoms with Gasteiger partial charge in [-0.25, -0.2) is 13.1 Å². The number of nitrogens with zero attached hydrogens (tertiary/aromatic N) is 2. The van der Waals surface area contributed by atoms with Gasteiger partial charge in [-0.1, -0.05) is 12.1 Å². The zero-order chi connectivity index (χ0) is 17.0. The zero-order valence-electron chi connectivity index (χ0n) is 13.7. The van der Waals surface area contributed by atoms with Gasteiger partial charge in [0.1, 0.15) is 0 Å². The second kappa shape index (κ2) is 7.25. The molecule has 2 rings (SSSR count). The van der Waals surface area contributed by atoms with E-state index in [1.807, 2.05) is 11.8 Å². The minimum atomic E-state index is -3.43. The molecule has 0 radical (unpaired) electrons. The summed E-state index contributed by atoms with van der Waals surface area (Å²) in [5.74, 6) is -0.0162. The number of carbonyl (C=O) groups is 1. The molecule has 1 fully saturated rings. The molecular formula is C16H23N3O3S. The highest BCUT2D eigenvalue weighted by Gasteiger charge is 2.23. The smallest absolute Gasteiger partial charge is 0.246 e. The lowest BCUT2D eigenvalue weighted by atomic mass is 10.1. The Morgan fingerprint density at radius 1 is 1.26 bits per heavy atom. The number of piperazine rings is 1. The molecule has 0 spiro atoms. The lowest BCUT2D eigenvalue weighted by Gasteiger charge is -2.37. The highest BCUT2D eigenvalue weighted by molar-refractivity contribution is 7.89. The van der Waals surface area contributed by atoms with Gasteiger partial charge in [-0.2, -0.15) is 0 Å². The third-order valence-corrected chi connectivity index (χ3v) is 5.42. The summed E-state index contributed by atoms with van der Waals surface area (Å²) in [5.41, 5.74) is 0.787. The minimum absolute atomic E-state index is 0.0162. The van der Waals surface area contributed by atoms with Gasteiger partial charge in [0.25, 0.3) is 0 Å². The maximum absolute atomic E-state index is 12.3. The molecule has 1 N–H and O–H groups in total. The van der Waals surface area contributed by atoms with Gasteiger partial charge in [-0.3, -0.25) is 4.79 Å². The summed E-state index contributed by atoms with van der Waals surface area (Å²) in [6, 6.07) is 6.60. The summed E-state index contributed by atoms with van der Waals surface area (Å²) in [5, 5.41) is 0. The van der Waals surface area contributed by atoms with Gasteiger partial charge in [0.15, 0.2) is 0 Å². The SMILES string of the molecule is CNS(=O)(=O)c1ccc(C=CC(=O)N2CCN(C)CC2C)cc1. The van der Waals surface area contributed by atoms with Crippen LogP contribution in [0.25, 0.3) is 6.08 Å². The Balaban J connectivity index is 2.04. The molecule has 1 atom stereocenters. The van der Waals surface area contributed by atoms with Crippen LogP contribution >= 0.6 is 0 Å². The average molecular weight is 337 g/mol. The Kier molecular flexibility index (Phi) is 5.56. The first-order chi connectivity index (χ1) is 10.8. The van der Waals surface area contributed by atoms with E-state index in [4.69, 9.17) is 0 Å². The second-order valence-electron chi connectivity index (χ2n) is 5.75. The maximum Gasteiger partial charge on any atom is 0.246 e. The normalized spacial score (nSPS) is 20.1. The Morgan fingerprint density at radius 3 is 2.48 bits per heavy atom. The van der Waals surface area contributed by atoms with Crippen LogP contribution in [0.4, 0.5) is 0 Å². The van der Waals surface area contributed by atoms with E-state index in [-0.39, 0.29) is 16.8 Å². The quantitative estimate of drug-likeness (QED) is 0.824. The summed E-state index contributed by atoms with van der Waals surface area (Å²) >= 11 is 0. The van der Waals surface area contributed by atoms with Crippen molar-refractivity contribution in [1.82, 2.24) is 14.5 Å². The van der Waals surface area contributed by atoms with Gasteiger partial charge < -0.3 is 9.80 Å². The Morgan fingerprint density at radius 2 is 1.91 bits per heavy atom. The van der Waals surface area contributed by atoms with Crippen molar-refractivity contribution in [1.29, 1.82) is 0 Å². The largest absolute Gasteiger partial charge is 0.334 e. The van der Waals surface area contributed by atoms with Crippen molar-refractivity contribution in [3.63, 3.8) is 0 Å². The van der Waals surface area contributed by atoms with Gasteiger partial charge in [0.2, 0.25) is 15.9 Å². The van der Waals surface area contributed by atoms with Crippen molar-refractivity contribution in [3.8, 4) is 0 Å². The molecule has 1 heterocycles. The second-order valence-corrected chi connectivity index (χ2v) is 7.64. The monoisotopic (exact) mass is 337 g/mol. The van der Waals surface area contributed by atoms with Crippen molar-refractivity contribution in [3.05, 3.63) is 35.9 Å². The lowest BCUT2D eigenvalue weighted by molar-refractivity contribution is -0.130. The molecule has 1 aromatic rings. The fraction of sp³-hybridized carbons (Fsp3) is 0.438. The molecule has 1 aliphatic rings. The summed E-state index contributed by atoms with van der Waals surface area (Å²) in [7, 11) is -0.00524. The number of carbonyl (C=O) groups excluding carboxylic acids is 1. The van der Waals surface area contributed by atoms with Crippen molar-refractivity contribution in [2.75, 3.05) is 33.7 Å². The van der Waals surface area contributed by atoms with E-state index in [1.165, 1.54) is 19.2 Å². The van der Waals surface area contributed by atoms with Gasteiger partial charge in [0, 0.05) is 31.8 Å². The molecular weight excluding hydrogens is 314 g/mol. The predicted molar refractivity (Wildman–Crippen MR) is 90.4 cm³/mol. The first-order valence-corrected chi connectivity index (χ1v) is 9.02. The Hall–Kier alpha value is -1.70. The van der Waals surface area contributed by atoms with Crippen molar-refractivity contribution in [2.24, 2.45) is 0 Å². The van der Waals surface area contributed by atoms with E-state index >= 15 is 0 Å².